The SMILES string of the molecule is CC1C(O)CCC1c1cc(Cl)ccc1Cl. The summed E-state index contributed by atoms with van der Waals surface area (Å²) in [5, 5.41) is 11.2. The van der Waals surface area contributed by atoms with Gasteiger partial charge in [-0.15, -0.1) is 0 Å². The van der Waals surface area contributed by atoms with Crippen molar-refractivity contribution in [2.24, 2.45) is 5.92 Å². The standard InChI is InChI=1S/C12H14Cl2O/c1-7-9(3-5-12(7)15)10-6-8(13)2-4-11(10)14/h2,4,6-7,9,12,15H,3,5H2,1H3. The highest BCUT2D eigenvalue weighted by atomic mass is 35.5. The monoisotopic (exact) mass is 244 g/mol. The molecule has 1 saturated carbocycles. The molecule has 1 aromatic rings. The molecule has 0 heterocycles. The summed E-state index contributed by atoms with van der Waals surface area (Å²) < 4.78 is 0. The predicted molar refractivity (Wildman–Crippen MR) is 63.6 cm³/mol. The number of halogens is 2. The van der Waals surface area contributed by atoms with Gasteiger partial charge in [0.1, 0.15) is 0 Å². The van der Waals surface area contributed by atoms with Crippen molar-refractivity contribution < 1.29 is 5.11 Å². The molecule has 15 heavy (non-hydrogen) atoms. The van der Waals surface area contributed by atoms with E-state index in [9.17, 15) is 5.11 Å². The maximum Gasteiger partial charge on any atom is 0.0571 e. The first kappa shape index (κ1) is 11.3. The quantitative estimate of drug-likeness (QED) is 0.796. The summed E-state index contributed by atoms with van der Waals surface area (Å²) in [5.41, 5.74) is 1.08. The molecule has 0 radical (unpaired) electrons. The third kappa shape index (κ3) is 2.15. The molecule has 1 aromatic carbocycles. The van der Waals surface area contributed by atoms with Crippen LogP contribution in [-0.2, 0) is 0 Å². The van der Waals surface area contributed by atoms with Crippen LogP contribution in [0.15, 0.2) is 18.2 Å². The van der Waals surface area contributed by atoms with Gasteiger partial charge in [-0.05, 0) is 48.4 Å². The Morgan fingerprint density at radius 2 is 2.00 bits per heavy atom. The van der Waals surface area contributed by atoms with Crippen LogP contribution in [0.3, 0.4) is 0 Å². The fraction of sp³-hybridized carbons (Fsp3) is 0.500. The molecule has 0 aliphatic heterocycles. The second kappa shape index (κ2) is 4.32. The smallest absolute Gasteiger partial charge is 0.0571 e. The predicted octanol–water partition coefficient (Wildman–Crippen LogP) is 3.87. The topological polar surface area (TPSA) is 20.2 Å². The molecule has 82 valence electrons. The number of benzene rings is 1. The van der Waals surface area contributed by atoms with Crippen LogP contribution in [0.1, 0.15) is 31.2 Å². The van der Waals surface area contributed by atoms with E-state index in [-0.39, 0.29) is 12.0 Å². The van der Waals surface area contributed by atoms with Gasteiger partial charge in [0, 0.05) is 10.0 Å². The van der Waals surface area contributed by atoms with Crippen molar-refractivity contribution in [3.63, 3.8) is 0 Å². The summed E-state index contributed by atoms with van der Waals surface area (Å²) in [4.78, 5) is 0. The molecule has 0 spiro atoms. The van der Waals surface area contributed by atoms with Crippen LogP contribution in [0.25, 0.3) is 0 Å². The molecule has 1 fully saturated rings. The Kier molecular flexibility index (Phi) is 3.24. The highest BCUT2D eigenvalue weighted by Crippen LogP contribution is 2.42. The van der Waals surface area contributed by atoms with E-state index in [1.807, 2.05) is 12.1 Å². The zero-order valence-corrected chi connectivity index (χ0v) is 10.1. The van der Waals surface area contributed by atoms with E-state index in [1.54, 1.807) is 6.07 Å². The molecule has 3 heteroatoms. The molecule has 1 aliphatic carbocycles. The summed E-state index contributed by atoms with van der Waals surface area (Å²) in [6.45, 7) is 2.07. The average Bonchev–Trinajstić information content (AvgIpc) is 2.52. The zero-order valence-electron chi connectivity index (χ0n) is 8.58. The van der Waals surface area contributed by atoms with Crippen molar-refractivity contribution in [2.45, 2.75) is 31.8 Å². The molecule has 1 nitrogen and oxygen atoms in total. The summed E-state index contributed by atoms with van der Waals surface area (Å²) in [6.07, 6.45) is 1.64. The molecular formula is C12H14Cl2O. The van der Waals surface area contributed by atoms with E-state index < -0.39 is 0 Å². The number of aliphatic hydroxyl groups excluding tert-OH is 1. The fourth-order valence-electron chi connectivity index (χ4n) is 2.38. The second-order valence-corrected chi connectivity index (χ2v) is 5.12. The average molecular weight is 245 g/mol. The van der Waals surface area contributed by atoms with E-state index >= 15 is 0 Å². The lowest BCUT2D eigenvalue weighted by atomic mass is 9.89. The van der Waals surface area contributed by atoms with Crippen LogP contribution in [0, 0.1) is 5.92 Å². The van der Waals surface area contributed by atoms with Gasteiger partial charge in [0.25, 0.3) is 0 Å². The first-order valence-corrected chi connectivity index (χ1v) is 5.98. The molecule has 2 rings (SSSR count). The number of rotatable bonds is 1. The van der Waals surface area contributed by atoms with Crippen LogP contribution >= 0.6 is 23.2 Å². The lowest BCUT2D eigenvalue weighted by Gasteiger charge is -2.19. The van der Waals surface area contributed by atoms with Crippen LogP contribution in [0.5, 0.6) is 0 Å². The summed E-state index contributed by atoms with van der Waals surface area (Å²) in [7, 11) is 0. The van der Waals surface area contributed by atoms with Gasteiger partial charge in [0.2, 0.25) is 0 Å². The maximum atomic E-state index is 9.71. The Bertz CT molecular complexity index is 365. The minimum Gasteiger partial charge on any atom is -0.393 e. The van der Waals surface area contributed by atoms with Crippen molar-refractivity contribution in [3.05, 3.63) is 33.8 Å². The Morgan fingerprint density at radius 1 is 1.27 bits per heavy atom. The maximum absolute atomic E-state index is 9.71. The highest BCUT2D eigenvalue weighted by Gasteiger charge is 2.33. The zero-order chi connectivity index (χ0) is 11.0. The van der Waals surface area contributed by atoms with Crippen molar-refractivity contribution in [2.75, 3.05) is 0 Å². The first-order valence-electron chi connectivity index (χ1n) is 5.22. The molecule has 1 aliphatic rings. The summed E-state index contributed by atoms with van der Waals surface area (Å²) >= 11 is 12.1. The first-order chi connectivity index (χ1) is 7.09. The number of aliphatic hydroxyl groups is 1. The Labute approximate surface area is 100 Å². The third-order valence-corrected chi connectivity index (χ3v) is 3.95. The molecule has 0 saturated heterocycles. The summed E-state index contributed by atoms with van der Waals surface area (Å²) in [5.74, 6) is 0.604. The van der Waals surface area contributed by atoms with E-state index in [0.717, 1.165) is 23.4 Å². The van der Waals surface area contributed by atoms with Crippen molar-refractivity contribution in [1.82, 2.24) is 0 Å². The van der Waals surface area contributed by atoms with Gasteiger partial charge in [-0.3, -0.25) is 0 Å². The third-order valence-electron chi connectivity index (χ3n) is 3.37. The van der Waals surface area contributed by atoms with Crippen LogP contribution in [-0.4, -0.2) is 11.2 Å². The highest BCUT2D eigenvalue weighted by molar-refractivity contribution is 6.33. The Balaban J connectivity index is 2.33. The lowest BCUT2D eigenvalue weighted by Crippen LogP contribution is -2.14. The minimum atomic E-state index is -0.204. The van der Waals surface area contributed by atoms with Gasteiger partial charge in [-0.1, -0.05) is 30.1 Å². The summed E-state index contributed by atoms with van der Waals surface area (Å²) in [6, 6.07) is 5.54. The largest absolute Gasteiger partial charge is 0.393 e. The molecule has 1 N–H and O–H groups in total. The molecule has 3 atom stereocenters. The van der Waals surface area contributed by atoms with Gasteiger partial charge in [-0.2, -0.15) is 0 Å². The fourth-order valence-corrected chi connectivity index (χ4v) is 2.82. The molecular weight excluding hydrogens is 231 g/mol. The molecule has 0 amide bonds. The van der Waals surface area contributed by atoms with Crippen LogP contribution in [0.4, 0.5) is 0 Å². The van der Waals surface area contributed by atoms with Crippen molar-refractivity contribution in [3.8, 4) is 0 Å². The Hall–Kier alpha value is -0.240. The van der Waals surface area contributed by atoms with Crippen LogP contribution in [0.2, 0.25) is 10.0 Å². The van der Waals surface area contributed by atoms with Gasteiger partial charge in [-0.25, -0.2) is 0 Å². The van der Waals surface area contributed by atoms with Gasteiger partial charge in [0.05, 0.1) is 6.10 Å². The van der Waals surface area contributed by atoms with Gasteiger partial charge in [0.15, 0.2) is 0 Å². The van der Waals surface area contributed by atoms with Crippen molar-refractivity contribution in [1.29, 1.82) is 0 Å². The van der Waals surface area contributed by atoms with E-state index in [4.69, 9.17) is 23.2 Å². The normalized spacial score (nSPS) is 30.8. The number of hydrogen-bond donors (Lipinski definition) is 1. The molecule has 0 bridgehead atoms. The van der Waals surface area contributed by atoms with E-state index in [0.29, 0.717) is 10.9 Å². The van der Waals surface area contributed by atoms with Crippen molar-refractivity contribution >= 4 is 23.2 Å². The number of hydrogen-bond acceptors (Lipinski definition) is 1. The second-order valence-electron chi connectivity index (χ2n) is 4.28. The molecule has 0 aromatic heterocycles. The van der Waals surface area contributed by atoms with Crippen LogP contribution < -0.4 is 0 Å². The Morgan fingerprint density at radius 3 is 2.60 bits per heavy atom. The van der Waals surface area contributed by atoms with E-state index in [2.05, 4.69) is 6.92 Å². The lowest BCUT2D eigenvalue weighted by molar-refractivity contribution is 0.136. The van der Waals surface area contributed by atoms with Gasteiger partial charge >= 0.3 is 0 Å². The van der Waals surface area contributed by atoms with E-state index in [1.165, 1.54) is 0 Å². The minimum absolute atomic E-state index is 0.204. The molecule has 3 unspecified atom stereocenters. The van der Waals surface area contributed by atoms with Gasteiger partial charge < -0.3 is 5.11 Å².